The summed E-state index contributed by atoms with van der Waals surface area (Å²) >= 11 is 2.30. The Morgan fingerprint density at radius 3 is 2.22 bits per heavy atom. The maximum absolute atomic E-state index is 13.5. The molecule has 2 unspecified atom stereocenters. The van der Waals surface area contributed by atoms with Crippen molar-refractivity contribution in [2.24, 2.45) is 17.3 Å². The molecule has 0 aliphatic heterocycles. The van der Waals surface area contributed by atoms with Crippen LogP contribution in [0.15, 0.2) is 48.5 Å². The van der Waals surface area contributed by atoms with Gasteiger partial charge < -0.3 is 5.32 Å². The number of hydrogen-bond donors (Lipinski definition) is 1. The van der Waals surface area contributed by atoms with Gasteiger partial charge in [0.05, 0.1) is 5.41 Å². The molecule has 4 fully saturated rings. The maximum Gasteiger partial charge on any atom is 0.230 e. The molecular weight excluding hydrogens is 445 g/mol. The Kier molecular flexibility index (Phi) is 4.15. The molecule has 1 N–H and O–H groups in total. The lowest BCUT2D eigenvalue weighted by Crippen LogP contribution is -2.57. The Hall–Kier alpha value is -1.36. The highest BCUT2D eigenvalue weighted by Gasteiger charge is 2.60. The van der Waals surface area contributed by atoms with Gasteiger partial charge in [-0.1, -0.05) is 29.8 Å². The van der Waals surface area contributed by atoms with Crippen LogP contribution in [0.1, 0.15) is 49.7 Å². The number of aryl methyl sites for hydroxylation is 1. The minimum absolute atomic E-state index is 0.183. The largest absolute Gasteiger partial charge is 0.326 e. The maximum atomic E-state index is 13.5. The van der Waals surface area contributed by atoms with Gasteiger partial charge in [0.1, 0.15) is 0 Å². The molecule has 4 bridgehead atoms. The third-order valence-electron chi connectivity index (χ3n) is 7.31. The number of amides is 1. The number of rotatable bonds is 3. The van der Waals surface area contributed by atoms with Crippen molar-refractivity contribution in [3.8, 4) is 0 Å². The summed E-state index contributed by atoms with van der Waals surface area (Å²) in [6, 6.07) is 17.3. The minimum Gasteiger partial charge on any atom is -0.326 e. The molecule has 0 saturated heterocycles. The van der Waals surface area contributed by atoms with Crippen molar-refractivity contribution in [1.82, 2.24) is 0 Å². The summed E-state index contributed by atoms with van der Waals surface area (Å²) < 4.78 is 1.19. The van der Waals surface area contributed by atoms with E-state index in [1.807, 2.05) is 12.1 Å². The minimum atomic E-state index is -0.183. The molecule has 0 radical (unpaired) electrons. The molecule has 2 aromatic rings. The fourth-order valence-electron chi connectivity index (χ4n) is 6.57. The third kappa shape index (κ3) is 3.02. The van der Waals surface area contributed by atoms with Crippen molar-refractivity contribution in [2.75, 3.05) is 5.32 Å². The van der Waals surface area contributed by atoms with Gasteiger partial charge in [-0.25, -0.2) is 0 Å². The normalized spacial score (nSPS) is 33.9. The van der Waals surface area contributed by atoms with Crippen LogP contribution in [-0.2, 0) is 10.2 Å². The van der Waals surface area contributed by atoms with Crippen LogP contribution in [0.2, 0.25) is 0 Å². The molecule has 2 atom stereocenters. The van der Waals surface area contributed by atoms with Crippen LogP contribution in [0.5, 0.6) is 0 Å². The second kappa shape index (κ2) is 6.33. The molecule has 4 saturated carbocycles. The van der Waals surface area contributed by atoms with Crippen LogP contribution >= 0.6 is 22.6 Å². The highest BCUT2D eigenvalue weighted by molar-refractivity contribution is 14.1. The zero-order valence-electron chi connectivity index (χ0n) is 15.8. The van der Waals surface area contributed by atoms with E-state index < -0.39 is 0 Å². The van der Waals surface area contributed by atoms with Gasteiger partial charge in [-0.05, 0) is 115 Å². The lowest BCUT2D eigenvalue weighted by atomic mass is 9.42. The number of carbonyl (C=O) groups is 1. The van der Waals surface area contributed by atoms with E-state index in [1.54, 1.807) is 0 Å². The van der Waals surface area contributed by atoms with Crippen molar-refractivity contribution in [3.05, 3.63) is 63.2 Å². The van der Waals surface area contributed by atoms with E-state index in [0.717, 1.165) is 24.9 Å². The second-order valence-electron chi connectivity index (χ2n) is 9.35. The second-order valence-corrected chi connectivity index (χ2v) is 10.6. The lowest BCUT2D eigenvalue weighted by Gasteiger charge is -2.61. The monoisotopic (exact) mass is 471 g/mol. The summed E-state index contributed by atoms with van der Waals surface area (Å²) in [5.41, 5.74) is 3.74. The van der Waals surface area contributed by atoms with Gasteiger partial charge in [0.25, 0.3) is 0 Å². The van der Waals surface area contributed by atoms with Crippen LogP contribution in [-0.4, -0.2) is 5.91 Å². The Morgan fingerprint density at radius 1 is 0.963 bits per heavy atom. The van der Waals surface area contributed by atoms with Crippen molar-refractivity contribution < 1.29 is 4.79 Å². The van der Waals surface area contributed by atoms with Gasteiger partial charge in [-0.3, -0.25) is 4.79 Å². The molecule has 0 spiro atoms. The Bertz CT molecular complexity index is 856. The lowest BCUT2D eigenvalue weighted by molar-refractivity contribution is -0.143. The predicted molar refractivity (Wildman–Crippen MR) is 118 cm³/mol. The number of anilines is 1. The van der Waals surface area contributed by atoms with E-state index >= 15 is 0 Å². The number of benzene rings is 2. The standard InChI is InChI=1S/C24H26INO/c1-16-2-4-19(5-3-16)23-11-17-10-18(12-23)14-24(13-17,15-23)22(27)26-21-8-6-20(25)7-9-21/h2-9,17-18H,10-15H2,1H3,(H,26,27). The number of nitrogens with one attached hydrogen (secondary N) is 1. The Morgan fingerprint density at radius 2 is 1.59 bits per heavy atom. The number of hydrogen-bond acceptors (Lipinski definition) is 1. The van der Waals surface area contributed by atoms with Gasteiger partial charge in [-0.2, -0.15) is 0 Å². The summed E-state index contributed by atoms with van der Waals surface area (Å²) in [6.07, 6.45) is 7.04. The molecular formula is C24H26INO. The SMILES string of the molecule is Cc1ccc(C23CC4CC(CC(C(=O)Nc5ccc(I)cc5)(C4)C2)C3)cc1. The molecule has 0 aromatic heterocycles. The van der Waals surface area contributed by atoms with E-state index in [0.29, 0.717) is 11.8 Å². The van der Waals surface area contributed by atoms with Crippen molar-refractivity contribution >= 4 is 34.2 Å². The van der Waals surface area contributed by atoms with E-state index in [-0.39, 0.29) is 16.7 Å². The highest BCUT2D eigenvalue weighted by atomic mass is 127. The van der Waals surface area contributed by atoms with Crippen LogP contribution in [0.4, 0.5) is 5.69 Å². The van der Waals surface area contributed by atoms with Crippen LogP contribution in [0.3, 0.4) is 0 Å². The quantitative estimate of drug-likeness (QED) is 0.541. The zero-order valence-corrected chi connectivity index (χ0v) is 18.0. The zero-order chi connectivity index (χ0) is 18.6. The predicted octanol–water partition coefficient (Wildman–Crippen LogP) is 6.08. The fourth-order valence-corrected chi connectivity index (χ4v) is 6.93. The highest BCUT2D eigenvalue weighted by Crippen LogP contribution is 2.66. The first-order chi connectivity index (χ1) is 13.0. The summed E-state index contributed by atoms with van der Waals surface area (Å²) in [6.45, 7) is 2.15. The average Bonchev–Trinajstić information content (AvgIpc) is 2.63. The molecule has 27 heavy (non-hydrogen) atoms. The summed E-state index contributed by atoms with van der Waals surface area (Å²) in [5, 5.41) is 3.26. The molecule has 1 amide bonds. The molecule has 140 valence electrons. The van der Waals surface area contributed by atoms with Crippen molar-refractivity contribution in [3.63, 3.8) is 0 Å². The molecule has 2 aromatic carbocycles. The van der Waals surface area contributed by atoms with Crippen molar-refractivity contribution in [1.29, 1.82) is 0 Å². The number of carbonyl (C=O) groups excluding carboxylic acids is 1. The number of halogens is 1. The van der Waals surface area contributed by atoms with Crippen LogP contribution in [0, 0.1) is 27.7 Å². The third-order valence-corrected chi connectivity index (χ3v) is 8.03. The van der Waals surface area contributed by atoms with E-state index in [1.165, 1.54) is 34.0 Å². The molecule has 3 heteroatoms. The van der Waals surface area contributed by atoms with E-state index in [9.17, 15) is 4.79 Å². The molecule has 4 aliphatic rings. The van der Waals surface area contributed by atoms with Gasteiger partial charge in [0.2, 0.25) is 5.91 Å². The molecule has 2 nitrogen and oxygen atoms in total. The summed E-state index contributed by atoms with van der Waals surface area (Å²) in [7, 11) is 0. The van der Waals surface area contributed by atoms with E-state index in [2.05, 4.69) is 71.2 Å². The molecule has 0 heterocycles. The smallest absolute Gasteiger partial charge is 0.230 e. The Labute approximate surface area is 175 Å². The van der Waals surface area contributed by atoms with E-state index in [4.69, 9.17) is 0 Å². The van der Waals surface area contributed by atoms with Gasteiger partial charge in [0, 0.05) is 9.26 Å². The first kappa shape index (κ1) is 17.7. The van der Waals surface area contributed by atoms with Crippen LogP contribution < -0.4 is 5.32 Å². The first-order valence-electron chi connectivity index (χ1n) is 10.1. The topological polar surface area (TPSA) is 29.1 Å². The van der Waals surface area contributed by atoms with Crippen molar-refractivity contribution in [2.45, 2.75) is 50.9 Å². The summed E-state index contributed by atoms with van der Waals surface area (Å²) in [4.78, 5) is 13.5. The van der Waals surface area contributed by atoms with Gasteiger partial charge in [-0.15, -0.1) is 0 Å². The Balaban J connectivity index is 1.46. The molecule has 4 aliphatic carbocycles. The van der Waals surface area contributed by atoms with Gasteiger partial charge >= 0.3 is 0 Å². The fraction of sp³-hybridized carbons (Fsp3) is 0.458. The first-order valence-corrected chi connectivity index (χ1v) is 11.2. The van der Waals surface area contributed by atoms with Crippen LogP contribution in [0.25, 0.3) is 0 Å². The van der Waals surface area contributed by atoms with Gasteiger partial charge in [0.15, 0.2) is 0 Å². The molecule has 6 rings (SSSR count). The average molecular weight is 471 g/mol. The summed E-state index contributed by atoms with van der Waals surface area (Å²) in [5.74, 6) is 1.67.